The number of benzene rings is 8. The predicted molar refractivity (Wildman–Crippen MR) is 243 cm³/mol. The molecule has 0 aliphatic heterocycles. The van der Waals surface area contributed by atoms with Crippen molar-refractivity contribution in [3.8, 4) is 28.2 Å². The van der Waals surface area contributed by atoms with E-state index in [1.807, 2.05) is 18.2 Å². The molecule has 3 nitrogen and oxygen atoms in total. The van der Waals surface area contributed by atoms with Crippen LogP contribution in [-0.4, -0.2) is 13.7 Å². The Balaban J connectivity index is 1.09. The zero-order valence-corrected chi connectivity index (χ0v) is 31.3. The third kappa shape index (κ3) is 4.99. The van der Waals surface area contributed by atoms with Crippen molar-refractivity contribution < 1.29 is 0 Å². The molecule has 0 spiro atoms. The van der Waals surface area contributed by atoms with Gasteiger partial charge in [-0.25, -0.2) is 0 Å². The van der Waals surface area contributed by atoms with Gasteiger partial charge in [-0.15, -0.1) is 0 Å². The molecular formula is C54H37N3. The molecule has 0 aliphatic carbocycles. The Labute approximate surface area is 330 Å². The molecule has 3 heteroatoms. The van der Waals surface area contributed by atoms with Crippen LogP contribution in [0, 0.1) is 0 Å². The van der Waals surface area contributed by atoms with Crippen LogP contribution in [0.2, 0.25) is 0 Å². The van der Waals surface area contributed by atoms with Crippen LogP contribution in [0.15, 0.2) is 213 Å². The second-order valence-electron chi connectivity index (χ2n) is 14.6. The summed E-state index contributed by atoms with van der Waals surface area (Å²) in [5, 5.41) is 7.46. The highest BCUT2D eigenvalue weighted by Crippen LogP contribution is 2.42. The summed E-state index contributed by atoms with van der Waals surface area (Å²) in [7, 11) is 0. The van der Waals surface area contributed by atoms with Crippen LogP contribution in [0.4, 0.5) is 0 Å². The van der Waals surface area contributed by atoms with Crippen molar-refractivity contribution in [3.05, 3.63) is 219 Å². The summed E-state index contributed by atoms with van der Waals surface area (Å²) in [6.45, 7) is 7.90. The number of fused-ring (bicyclic) bond motifs is 10. The Kier molecular flexibility index (Phi) is 7.48. The first-order chi connectivity index (χ1) is 28.2. The average molecular weight is 728 g/mol. The minimum absolute atomic E-state index is 1.05. The van der Waals surface area contributed by atoms with Gasteiger partial charge in [0.15, 0.2) is 0 Å². The summed E-state index contributed by atoms with van der Waals surface area (Å²) in [5.74, 6) is 0. The maximum Gasteiger partial charge on any atom is 0.0641 e. The number of nitrogens with zero attached hydrogens (tertiary/aromatic N) is 3. The molecule has 0 N–H and O–H groups in total. The Hall–Kier alpha value is -7.62. The van der Waals surface area contributed by atoms with E-state index in [9.17, 15) is 0 Å². The average Bonchev–Trinajstić information content (AvgIpc) is 3.91. The van der Waals surface area contributed by atoms with E-state index in [1.165, 1.54) is 82.2 Å². The van der Waals surface area contributed by atoms with E-state index in [0.717, 1.165) is 22.5 Å². The molecule has 0 fully saturated rings. The highest BCUT2D eigenvalue weighted by atomic mass is 15.0. The topological polar surface area (TPSA) is 14.8 Å². The van der Waals surface area contributed by atoms with Gasteiger partial charge >= 0.3 is 0 Å². The Bertz CT molecular complexity index is 3410. The second kappa shape index (κ2) is 13.0. The Morgan fingerprint density at radius 1 is 0.386 bits per heavy atom. The molecule has 8 aromatic carbocycles. The van der Waals surface area contributed by atoms with Gasteiger partial charge in [0.25, 0.3) is 0 Å². The molecule has 0 radical (unpaired) electrons. The van der Waals surface area contributed by atoms with Crippen molar-refractivity contribution in [1.82, 2.24) is 13.7 Å². The molecule has 11 aromatic rings. The summed E-state index contributed by atoms with van der Waals surface area (Å²) in [6, 6.07) is 66.3. The second-order valence-corrected chi connectivity index (χ2v) is 14.6. The lowest BCUT2D eigenvalue weighted by Crippen LogP contribution is -1.96. The Morgan fingerprint density at radius 2 is 0.895 bits per heavy atom. The smallest absolute Gasteiger partial charge is 0.0641 e. The number of rotatable bonds is 7. The van der Waals surface area contributed by atoms with Crippen molar-refractivity contribution in [3.63, 3.8) is 0 Å². The van der Waals surface area contributed by atoms with Crippen LogP contribution in [0.25, 0.3) is 99.2 Å². The largest absolute Gasteiger partial charge is 0.309 e. The molecule has 0 unspecified atom stereocenters. The minimum Gasteiger partial charge on any atom is -0.309 e. The number of para-hydroxylation sites is 4. The first kappa shape index (κ1) is 32.8. The summed E-state index contributed by atoms with van der Waals surface area (Å²) in [5.41, 5.74) is 15.1. The molecular weight excluding hydrogens is 691 g/mol. The quantitative estimate of drug-likeness (QED) is 0.145. The van der Waals surface area contributed by atoms with Gasteiger partial charge < -0.3 is 13.7 Å². The Morgan fingerprint density at radius 3 is 1.60 bits per heavy atom. The lowest BCUT2D eigenvalue weighted by Gasteiger charge is -2.12. The lowest BCUT2D eigenvalue weighted by atomic mass is 10.0. The SMILES string of the molecule is C=C/C=C(\C=C)c1ccc(-n2c3ccccc3c3c2ccc2c4ccccc4n(-c4ccc(-c5ccc6c(c5)c5ccccc5n6-c5ccccc5)cc4)c23)cc1. The van der Waals surface area contributed by atoms with Gasteiger partial charge in [0.05, 0.1) is 33.1 Å². The fourth-order valence-electron chi connectivity index (χ4n) is 9.08. The van der Waals surface area contributed by atoms with E-state index in [4.69, 9.17) is 0 Å². The number of hydrogen-bond donors (Lipinski definition) is 0. The van der Waals surface area contributed by atoms with Crippen LogP contribution >= 0.6 is 0 Å². The molecule has 3 aromatic heterocycles. The lowest BCUT2D eigenvalue weighted by molar-refractivity contribution is 1.17. The minimum atomic E-state index is 1.05. The van der Waals surface area contributed by atoms with Crippen molar-refractivity contribution in [2.24, 2.45) is 0 Å². The molecule has 3 heterocycles. The standard InChI is InChI=1S/C54H37N3/c1-3-14-36(4-2)37-23-28-41(29-24-37)56-50-22-13-10-19-46(50)53-52(56)34-32-45-43-17-8-12-21-49(43)57(54(45)53)42-30-25-38(26-31-42)39-27-33-51-47(35-39)44-18-9-11-20-48(44)55(51)40-15-6-5-7-16-40/h3-35H,1-2H2/b36-14+. The van der Waals surface area contributed by atoms with Gasteiger partial charge in [0, 0.05) is 49.4 Å². The van der Waals surface area contributed by atoms with E-state index in [0.29, 0.717) is 0 Å². The number of hydrogen-bond acceptors (Lipinski definition) is 0. The molecule has 0 aliphatic rings. The van der Waals surface area contributed by atoms with E-state index < -0.39 is 0 Å². The normalized spacial score (nSPS) is 12.1. The first-order valence-electron chi connectivity index (χ1n) is 19.4. The zero-order valence-electron chi connectivity index (χ0n) is 31.3. The molecule has 0 amide bonds. The number of allylic oxidation sites excluding steroid dienone is 4. The first-order valence-corrected chi connectivity index (χ1v) is 19.4. The summed E-state index contributed by atoms with van der Waals surface area (Å²) >= 11 is 0. The predicted octanol–water partition coefficient (Wildman–Crippen LogP) is 14.4. The maximum absolute atomic E-state index is 4.02. The monoisotopic (exact) mass is 727 g/mol. The molecule has 0 bridgehead atoms. The highest BCUT2D eigenvalue weighted by Gasteiger charge is 2.21. The van der Waals surface area contributed by atoms with Gasteiger partial charge in [-0.05, 0) is 95.1 Å². The van der Waals surface area contributed by atoms with Crippen LogP contribution in [0.1, 0.15) is 5.56 Å². The zero-order chi connectivity index (χ0) is 38.0. The highest BCUT2D eigenvalue weighted by molar-refractivity contribution is 6.26. The number of aromatic nitrogens is 3. The molecule has 0 saturated carbocycles. The van der Waals surface area contributed by atoms with E-state index >= 15 is 0 Å². The van der Waals surface area contributed by atoms with E-state index in [-0.39, 0.29) is 0 Å². The van der Waals surface area contributed by atoms with E-state index in [1.54, 1.807) is 0 Å². The third-order valence-electron chi connectivity index (χ3n) is 11.6. The van der Waals surface area contributed by atoms with Gasteiger partial charge in [0.2, 0.25) is 0 Å². The van der Waals surface area contributed by atoms with Crippen LogP contribution in [0.3, 0.4) is 0 Å². The van der Waals surface area contributed by atoms with Crippen LogP contribution < -0.4 is 0 Å². The molecule has 57 heavy (non-hydrogen) atoms. The molecule has 268 valence electrons. The van der Waals surface area contributed by atoms with Crippen molar-refractivity contribution >= 4 is 71.0 Å². The molecule has 0 saturated heterocycles. The summed E-state index contributed by atoms with van der Waals surface area (Å²) in [4.78, 5) is 0. The van der Waals surface area contributed by atoms with Crippen molar-refractivity contribution in [1.29, 1.82) is 0 Å². The summed E-state index contributed by atoms with van der Waals surface area (Å²) < 4.78 is 7.23. The van der Waals surface area contributed by atoms with Crippen LogP contribution in [-0.2, 0) is 0 Å². The molecule has 0 atom stereocenters. The maximum atomic E-state index is 4.02. The fraction of sp³-hybridized carbons (Fsp3) is 0. The van der Waals surface area contributed by atoms with Crippen molar-refractivity contribution in [2.45, 2.75) is 0 Å². The van der Waals surface area contributed by atoms with E-state index in [2.05, 4.69) is 209 Å². The third-order valence-corrected chi connectivity index (χ3v) is 11.6. The fourth-order valence-corrected chi connectivity index (χ4v) is 9.08. The van der Waals surface area contributed by atoms with Gasteiger partial charge in [-0.3, -0.25) is 0 Å². The molecule has 11 rings (SSSR count). The summed E-state index contributed by atoms with van der Waals surface area (Å²) in [6.07, 6.45) is 5.68. The van der Waals surface area contributed by atoms with Gasteiger partial charge in [0.1, 0.15) is 0 Å². The van der Waals surface area contributed by atoms with Crippen molar-refractivity contribution in [2.75, 3.05) is 0 Å². The van der Waals surface area contributed by atoms with Gasteiger partial charge in [-0.2, -0.15) is 0 Å². The van der Waals surface area contributed by atoms with Gasteiger partial charge in [-0.1, -0.05) is 141 Å². The van der Waals surface area contributed by atoms with Crippen LogP contribution in [0.5, 0.6) is 0 Å².